The van der Waals surface area contributed by atoms with E-state index < -0.39 is 0 Å². The SMILES string of the molecule is Nc1ccc(C(=O)NCCOCC2CC2)cc1O. The minimum absolute atomic E-state index is 0.0763. The number of phenolic OH excluding ortho intramolecular Hbond substituents is 1. The lowest BCUT2D eigenvalue weighted by atomic mass is 10.2. The fraction of sp³-hybridized carbons (Fsp3) is 0.462. The third-order valence-electron chi connectivity index (χ3n) is 2.88. The summed E-state index contributed by atoms with van der Waals surface area (Å²) in [5, 5.41) is 12.1. The summed E-state index contributed by atoms with van der Waals surface area (Å²) in [6.07, 6.45) is 2.52. The molecule has 0 bridgehead atoms. The van der Waals surface area contributed by atoms with Gasteiger partial charge in [0.05, 0.1) is 12.3 Å². The lowest BCUT2D eigenvalue weighted by molar-refractivity contribution is 0.0906. The van der Waals surface area contributed by atoms with Gasteiger partial charge in [-0.25, -0.2) is 0 Å². The maximum absolute atomic E-state index is 11.7. The molecule has 0 aromatic heterocycles. The zero-order valence-electron chi connectivity index (χ0n) is 10.2. The number of aromatic hydroxyl groups is 1. The van der Waals surface area contributed by atoms with Crippen LogP contribution in [-0.4, -0.2) is 30.8 Å². The predicted molar refractivity (Wildman–Crippen MR) is 68.4 cm³/mol. The Bertz CT molecular complexity index is 430. The molecule has 0 saturated heterocycles. The number of nitrogens with two attached hydrogens (primary N) is 1. The van der Waals surface area contributed by atoms with Gasteiger partial charge in [0.1, 0.15) is 5.75 Å². The smallest absolute Gasteiger partial charge is 0.251 e. The van der Waals surface area contributed by atoms with Gasteiger partial charge in [0.2, 0.25) is 0 Å². The number of carbonyl (C=O) groups excluding carboxylic acids is 1. The van der Waals surface area contributed by atoms with E-state index in [0.29, 0.717) is 18.7 Å². The van der Waals surface area contributed by atoms with E-state index in [0.717, 1.165) is 12.5 Å². The van der Waals surface area contributed by atoms with Crippen LogP contribution in [0.1, 0.15) is 23.2 Å². The molecule has 98 valence electrons. The molecule has 0 radical (unpaired) electrons. The van der Waals surface area contributed by atoms with Crippen LogP contribution in [0, 0.1) is 5.92 Å². The van der Waals surface area contributed by atoms with Crippen LogP contribution in [-0.2, 0) is 4.74 Å². The van der Waals surface area contributed by atoms with Gasteiger partial charge in [-0.3, -0.25) is 4.79 Å². The van der Waals surface area contributed by atoms with Gasteiger partial charge in [-0.1, -0.05) is 0 Å². The van der Waals surface area contributed by atoms with Gasteiger partial charge in [0.25, 0.3) is 5.91 Å². The molecular weight excluding hydrogens is 232 g/mol. The summed E-state index contributed by atoms with van der Waals surface area (Å²) in [5.74, 6) is 0.419. The molecule has 5 heteroatoms. The van der Waals surface area contributed by atoms with Crippen LogP contribution in [0.2, 0.25) is 0 Å². The zero-order valence-corrected chi connectivity index (χ0v) is 10.2. The second-order valence-electron chi connectivity index (χ2n) is 4.55. The normalized spacial score (nSPS) is 14.4. The first kappa shape index (κ1) is 12.7. The Hall–Kier alpha value is -1.75. The molecule has 1 aromatic carbocycles. The summed E-state index contributed by atoms with van der Waals surface area (Å²) in [6.45, 7) is 1.78. The highest BCUT2D eigenvalue weighted by molar-refractivity contribution is 5.95. The first-order chi connectivity index (χ1) is 8.66. The molecule has 1 aromatic rings. The fourth-order valence-electron chi connectivity index (χ4n) is 1.56. The molecule has 1 aliphatic rings. The Labute approximate surface area is 106 Å². The number of hydrogen-bond acceptors (Lipinski definition) is 4. The van der Waals surface area contributed by atoms with E-state index in [2.05, 4.69) is 5.32 Å². The second kappa shape index (κ2) is 5.73. The van der Waals surface area contributed by atoms with E-state index in [1.807, 2.05) is 0 Å². The Kier molecular flexibility index (Phi) is 4.04. The van der Waals surface area contributed by atoms with E-state index >= 15 is 0 Å². The molecular formula is C13H18N2O3. The van der Waals surface area contributed by atoms with Crippen molar-refractivity contribution in [2.75, 3.05) is 25.5 Å². The van der Waals surface area contributed by atoms with Gasteiger partial charge >= 0.3 is 0 Å². The van der Waals surface area contributed by atoms with Crippen molar-refractivity contribution >= 4 is 11.6 Å². The van der Waals surface area contributed by atoms with Crippen LogP contribution in [0.15, 0.2) is 18.2 Å². The van der Waals surface area contributed by atoms with Crippen LogP contribution in [0.5, 0.6) is 5.75 Å². The molecule has 4 N–H and O–H groups in total. The monoisotopic (exact) mass is 250 g/mol. The highest BCUT2D eigenvalue weighted by Gasteiger charge is 2.20. The quantitative estimate of drug-likeness (QED) is 0.401. The van der Waals surface area contributed by atoms with Gasteiger partial charge in [-0.05, 0) is 37.0 Å². The molecule has 1 saturated carbocycles. The lowest BCUT2D eigenvalue weighted by Crippen LogP contribution is -2.27. The number of benzene rings is 1. The molecule has 5 nitrogen and oxygen atoms in total. The Morgan fingerprint density at radius 2 is 2.28 bits per heavy atom. The number of rotatable bonds is 6. The molecule has 0 aliphatic heterocycles. The summed E-state index contributed by atoms with van der Waals surface area (Å²) < 4.78 is 5.40. The first-order valence-electron chi connectivity index (χ1n) is 6.11. The molecule has 18 heavy (non-hydrogen) atoms. The number of hydrogen-bond donors (Lipinski definition) is 3. The summed E-state index contributed by atoms with van der Waals surface area (Å²) >= 11 is 0. The van der Waals surface area contributed by atoms with Crippen molar-refractivity contribution in [2.24, 2.45) is 5.92 Å². The van der Waals surface area contributed by atoms with Crippen LogP contribution in [0.3, 0.4) is 0 Å². The molecule has 0 heterocycles. The third kappa shape index (κ3) is 3.63. The largest absolute Gasteiger partial charge is 0.506 e. The molecule has 1 fully saturated rings. The predicted octanol–water partition coefficient (Wildman–Crippen LogP) is 1.13. The van der Waals surface area contributed by atoms with E-state index in [4.69, 9.17) is 10.5 Å². The van der Waals surface area contributed by atoms with Gasteiger partial charge in [-0.15, -0.1) is 0 Å². The minimum atomic E-state index is -0.236. The van der Waals surface area contributed by atoms with E-state index in [1.54, 1.807) is 6.07 Å². The number of nitrogens with one attached hydrogen (secondary N) is 1. The van der Waals surface area contributed by atoms with Crippen molar-refractivity contribution in [3.8, 4) is 5.75 Å². The Morgan fingerprint density at radius 1 is 1.50 bits per heavy atom. The number of nitrogen functional groups attached to an aromatic ring is 1. The first-order valence-corrected chi connectivity index (χ1v) is 6.11. The van der Waals surface area contributed by atoms with Crippen molar-refractivity contribution in [1.82, 2.24) is 5.32 Å². The van der Waals surface area contributed by atoms with E-state index in [1.165, 1.54) is 25.0 Å². The fourth-order valence-corrected chi connectivity index (χ4v) is 1.56. The van der Waals surface area contributed by atoms with Crippen LogP contribution < -0.4 is 11.1 Å². The van der Waals surface area contributed by atoms with Crippen molar-refractivity contribution in [1.29, 1.82) is 0 Å². The molecule has 2 rings (SSSR count). The standard InChI is InChI=1S/C13H18N2O3/c14-11-4-3-10(7-12(11)16)13(17)15-5-6-18-8-9-1-2-9/h3-4,7,9,16H,1-2,5-6,8,14H2,(H,15,17). The molecule has 1 aliphatic carbocycles. The lowest BCUT2D eigenvalue weighted by Gasteiger charge is -2.07. The van der Waals surface area contributed by atoms with Crippen LogP contribution in [0.4, 0.5) is 5.69 Å². The second-order valence-corrected chi connectivity index (χ2v) is 4.55. The number of anilines is 1. The van der Waals surface area contributed by atoms with Gasteiger partial charge < -0.3 is 20.9 Å². The van der Waals surface area contributed by atoms with Crippen molar-refractivity contribution in [3.05, 3.63) is 23.8 Å². The van der Waals surface area contributed by atoms with E-state index in [-0.39, 0.29) is 17.3 Å². The topological polar surface area (TPSA) is 84.6 Å². The van der Waals surface area contributed by atoms with Crippen molar-refractivity contribution in [3.63, 3.8) is 0 Å². The Balaban J connectivity index is 1.70. The highest BCUT2D eigenvalue weighted by atomic mass is 16.5. The van der Waals surface area contributed by atoms with E-state index in [9.17, 15) is 9.90 Å². The van der Waals surface area contributed by atoms with Crippen molar-refractivity contribution < 1.29 is 14.6 Å². The van der Waals surface area contributed by atoms with Gasteiger partial charge in [0, 0.05) is 18.7 Å². The average Bonchev–Trinajstić information content (AvgIpc) is 3.16. The third-order valence-corrected chi connectivity index (χ3v) is 2.88. The van der Waals surface area contributed by atoms with Gasteiger partial charge in [0.15, 0.2) is 0 Å². The zero-order chi connectivity index (χ0) is 13.0. The maximum Gasteiger partial charge on any atom is 0.251 e. The van der Waals surface area contributed by atoms with Gasteiger partial charge in [-0.2, -0.15) is 0 Å². The minimum Gasteiger partial charge on any atom is -0.506 e. The van der Waals surface area contributed by atoms with Crippen LogP contribution >= 0.6 is 0 Å². The molecule has 0 unspecified atom stereocenters. The van der Waals surface area contributed by atoms with Crippen LogP contribution in [0.25, 0.3) is 0 Å². The molecule has 0 atom stereocenters. The van der Waals surface area contributed by atoms with Crippen molar-refractivity contribution in [2.45, 2.75) is 12.8 Å². The summed E-state index contributed by atoms with van der Waals surface area (Å²) in [5.41, 5.74) is 6.12. The summed E-state index contributed by atoms with van der Waals surface area (Å²) in [4.78, 5) is 11.7. The number of amides is 1. The molecule has 1 amide bonds. The summed E-state index contributed by atoms with van der Waals surface area (Å²) in [6, 6.07) is 4.44. The number of phenols is 1. The summed E-state index contributed by atoms with van der Waals surface area (Å²) in [7, 11) is 0. The highest BCUT2D eigenvalue weighted by Crippen LogP contribution is 2.28. The number of ether oxygens (including phenoxy) is 1. The maximum atomic E-state index is 11.7. The molecule has 0 spiro atoms. The Morgan fingerprint density at radius 3 is 2.94 bits per heavy atom. The number of carbonyl (C=O) groups is 1. The average molecular weight is 250 g/mol.